The third kappa shape index (κ3) is 3.10. The minimum absolute atomic E-state index is 0.116. The Bertz CT molecular complexity index is 720. The molecule has 0 atom stereocenters. The van der Waals surface area contributed by atoms with Gasteiger partial charge in [-0.25, -0.2) is 4.98 Å². The average molecular weight is 319 g/mol. The molecule has 0 unspecified atom stereocenters. The highest BCUT2D eigenvalue weighted by Gasteiger charge is 2.20. The van der Waals surface area contributed by atoms with E-state index < -0.39 is 5.97 Å². The highest BCUT2D eigenvalue weighted by atomic mass is 16.5. The number of ether oxygens (including phenoxy) is 2. The first-order chi connectivity index (χ1) is 11.1. The number of methoxy groups -OCH3 is 2. The molecule has 0 bridgehead atoms. The number of carboxylic acid groups (broad SMARTS) is 1. The number of nitrogens with zero attached hydrogens (tertiary/aromatic N) is 3. The Morgan fingerprint density at radius 1 is 1.22 bits per heavy atom. The summed E-state index contributed by atoms with van der Waals surface area (Å²) in [6, 6.07) is 3.58. The third-order valence-electron chi connectivity index (χ3n) is 4.19. The summed E-state index contributed by atoms with van der Waals surface area (Å²) in [5.74, 6) is 1.04. The maximum Gasteiger partial charge on any atom is 0.323 e. The minimum atomic E-state index is -0.887. The van der Waals surface area contributed by atoms with Crippen molar-refractivity contribution >= 4 is 17.0 Å². The Balaban J connectivity index is 2.07. The molecule has 1 saturated heterocycles. The highest BCUT2D eigenvalue weighted by Crippen LogP contribution is 2.32. The van der Waals surface area contributed by atoms with Gasteiger partial charge in [0.2, 0.25) is 0 Å². The molecule has 2 heterocycles. The van der Waals surface area contributed by atoms with Gasteiger partial charge in [0, 0.05) is 12.1 Å². The summed E-state index contributed by atoms with van der Waals surface area (Å²) in [7, 11) is 3.13. The third-order valence-corrected chi connectivity index (χ3v) is 4.19. The molecule has 0 radical (unpaired) electrons. The minimum Gasteiger partial charge on any atom is -0.493 e. The van der Waals surface area contributed by atoms with Gasteiger partial charge in [0.1, 0.15) is 12.4 Å². The Morgan fingerprint density at radius 2 is 1.87 bits per heavy atom. The molecule has 1 aromatic carbocycles. The van der Waals surface area contributed by atoms with E-state index >= 15 is 0 Å². The zero-order valence-corrected chi connectivity index (χ0v) is 13.4. The van der Waals surface area contributed by atoms with E-state index in [0.717, 1.165) is 29.9 Å². The number of carbonyl (C=O) groups is 1. The first-order valence-corrected chi connectivity index (χ1v) is 7.67. The Morgan fingerprint density at radius 3 is 2.48 bits per heavy atom. The molecular weight excluding hydrogens is 298 g/mol. The van der Waals surface area contributed by atoms with Crippen LogP contribution in [0.1, 0.15) is 18.7 Å². The van der Waals surface area contributed by atoms with Crippen molar-refractivity contribution in [2.24, 2.45) is 0 Å². The van der Waals surface area contributed by atoms with Crippen LogP contribution in [0, 0.1) is 0 Å². The van der Waals surface area contributed by atoms with E-state index in [2.05, 4.69) is 9.88 Å². The van der Waals surface area contributed by atoms with E-state index in [1.165, 1.54) is 12.8 Å². The van der Waals surface area contributed by atoms with Gasteiger partial charge < -0.3 is 19.1 Å². The molecule has 124 valence electrons. The fourth-order valence-corrected chi connectivity index (χ4v) is 3.07. The molecule has 23 heavy (non-hydrogen) atoms. The Kier molecular flexibility index (Phi) is 4.38. The number of hydrogen-bond acceptors (Lipinski definition) is 5. The van der Waals surface area contributed by atoms with E-state index in [9.17, 15) is 9.90 Å². The van der Waals surface area contributed by atoms with Gasteiger partial charge in [0.15, 0.2) is 11.5 Å². The maximum atomic E-state index is 11.3. The van der Waals surface area contributed by atoms with E-state index in [0.29, 0.717) is 18.0 Å². The molecule has 0 saturated carbocycles. The predicted octanol–water partition coefficient (Wildman–Crippen LogP) is 1.73. The first kappa shape index (κ1) is 15.6. The fourth-order valence-electron chi connectivity index (χ4n) is 3.07. The van der Waals surface area contributed by atoms with Crippen LogP contribution in [0.15, 0.2) is 12.1 Å². The number of carboxylic acids is 1. The molecule has 1 aliphatic rings. The van der Waals surface area contributed by atoms with Gasteiger partial charge in [-0.15, -0.1) is 0 Å². The van der Waals surface area contributed by atoms with Crippen LogP contribution >= 0.6 is 0 Å². The number of hydrogen-bond donors (Lipinski definition) is 1. The van der Waals surface area contributed by atoms with Crippen molar-refractivity contribution < 1.29 is 19.4 Å². The van der Waals surface area contributed by atoms with Gasteiger partial charge in [-0.2, -0.15) is 0 Å². The van der Waals surface area contributed by atoms with Crippen molar-refractivity contribution in [3.63, 3.8) is 0 Å². The van der Waals surface area contributed by atoms with E-state index in [1.54, 1.807) is 30.9 Å². The zero-order valence-electron chi connectivity index (χ0n) is 13.4. The van der Waals surface area contributed by atoms with Gasteiger partial charge >= 0.3 is 5.97 Å². The number of benzene rings is 1. The molecule has 1 aromatic heterocycles. The van der Waals surface area contributed by atoms with Crippen LogP contribution in [0.5, 0.6) is 11.5 Å². The Labute approximate surface area is 134 Å². The lowest BCUT2D eigenvalue weighted by Crippen LogP contribution is -2.22. The molecule has 0 spiro atoms. The lowest BCUT2D eigenvalue weighted by atomic mass is 10.2. The van der Waals surface area contributed by atoms with Crippen molar-refractivity contribution in [1.82, 2.24) is 14.5 Å². The second kappa shape index (κ2) is 6.45. The van der Waals surface area contributed by atoms with Crippen LogP contribution in [-0.4, -0.2) is 52.8 Å². The largest absolute Gasteiger partial charge is 0.493 e. The van der Waals surface area contributed by atoms with Crippen LogP contribution < -0.4 is 9.47 Å². The summed E-state index contributed by atoms with van der Waals surface area (Å²) in [5, 5.41) is 9.24. The van der Waals surface area contributed by atoms with Crippen LogP contribution in [0.3, 0.4) is 0 Å². The summed E-state index contributed by atoms with van der Waals surface area (Å²) in [6.07, 6.45) is 2.36. The van der Waals surface area contributed by atoms with Gasteiger partial charge in [0.05, 0.1) is 31.8 Å². The summed E-state index contributed by atoms with van der Waals surface area (Å²) >= 11 is 0. The van der Waals surface area contributed by atoms with Gasteiger partial charge in [-0.05, 0) is 25.9 Å². The number of likely N-dealkylation sites (tertiary alicyclic amines) is 1. The lowest BCUT2D eigenvalue weighted by Gasteiger charge is -2.15. The summed E-state index contributed by atoms with van der Waals surface area (Å²) < 4.78 is 12.4. The van der Waals surface area contributed by atoms with E-state index in [-0.39, 0.29) is 6.54 Å². The quantitative estimate of drug-likeness (QED) is 0.874. The second-order valence-corrected chi connectivity index (χ2v) is 5.69. The molecular formula is C16H21N3O4. The first-order valence-electron chi connectivity index (χ1n) is 7.67. The van der Waals surface area contributed by atoms with Crippen molar-refractivity contribution in [2.45, 2.75) is 25.9 Å². The van der Waals surface area contributed by atoms with Crippen LogP contribution in [-0.2, 0) is 17.9 Å². The number of rotatable bonds is 6. The number of fused-ring (bicyclic) bond motifs is 1. The summed E-state index contributed by atoms with van der Waals surface area (Å²) in [6.45, 7) is 2.60. The number of imidazole rings is 1. The number of aliphatic carboxylic acids is 1. The molecule has 0 aliphatic carbocycles. The molecule has 2 aromatic rings. The maximum absolute atomic E-state index is 11.3. The molecule has 3 rings (SSSR count). The van der Waals surface area contributed by atoms with Crippen LogP contribution in [0.4, 0.5) is 0 Å². The van der Waals surface area contributed by atoms with Gasteiger partial charge in [-0.3, -0.25) is 9.69 Å². The molecule has 1 N–H and O–H groups in total. The average Bonchev–Trinajstić information content (AvgIpc) is 3.14. The van der Waals surface area contributed by atoms with Crippen molar-refractivity contribution in [2.75, 3.05) is 27.3 Å². The lowest BCUT2D eigenvalue weighted by molar-refractivity contribution is -0.137. The van der Waals surface area contributed by atoms with Gasteiger partial charge in [-0.1, -0.05) is 0 Å². The number of aromatic nitrogens is 2. The summed E-state index contributed by atoms with van der Waals surface area (Å²) in [5.41, 5.74) is 1.47. The fraction of sp³-hybridized carbons (Fsp3) is 0.500. The smallest absolute Gasteiger partial charge is 0.323 e. The predicted molar refractivity (Wildman–Crippen MR) is 85.0 cm³/mol. The molecule has 0 amide bonds. The Hall–Kier alpha value is -2.28. The van der Waals surface area contributed by atoms with E-state index in [4.69, 9.17) is 9.47 Å². The molecule has 1 aliphatic heterocycles. The standard InChI is InChI=1S/C16H21N3O4/c1-22-13-7-11-12(8-14(13)23-2)19(10-16(20)21)15(17-11)9-18-5-3-4-6-18/h7-8H,3-6,9-10H2,1-2H3,(H,20,21). The molecule has 7 nitrogen and oxygen atoms in total. The zero-order chi connectivity index (χ0) is 16.4. The topological polar surface area (TPSA) is 76.8 Å². The van der Waals surface area contributed by atoms with Crippen LogP contribution in [0.2, 0.25) is 0 Å². The summed E-state index contributed by atoms with van der Waals surface area (Å²) in [4.78, 5) is 18.2. The monoisotopic (exact) mass is 319 g/mol. The normalized spacial score (nSPS) is 15.2. The van der Waals surface area contributed by atoms with Crippen molar-refractivity contribution in [3.05, 3.63) is 18.0 Å². The van der Waals surface area contributed by atoms with Crippen molar-refractivity contribution in [3.8, 4) is 11.5 Å². The molecule has 7 heteroatoms. The molecule has 1 fully saturated rings. The van der Waals surface area contributed by atoms with Gasteiger partial charge in [0.25, 0.3) is 0 Å². The second-order valence-electron chi connectivity index (χ2n) is 5.69. The SMILES string of the molecule is COc1cc2nc(CN3CCCC3)n(CC(=O)O)c2cc1OC. The van der Waals surface area contributed by atoms with Crippen LogP contribution in [0.25, 0.3) is 11.0 Å². The van der Waals surface area contributed by atoms with Crippen molar-refractivity contribution in [1.29, 1.82) is 0 Å². The van der Waals surface area contributed by atoms with E-state index in [1.807, 2.05) is 0 Å². The highest BCUT2D eigenvalue weighted by molar-refractivity contribution is 5.82.